The lowest BCUT2D eigenvalue weighted by Crippen LogP contribution is -2.40. The van der Waals surface area contributed by atoms with Crippen LogP contribution in [-0.2, 0) is 27.7 Å². The molecule has 10 heteroatoms. The monoisotopic (exact) mass is 489 g/mol. The van der Waals surface area contributed by atoms with Crippen LogP contribution in [0.5, 0.6) is 11.5 Å². The zero-order valence-electron chi connectivity index (χ0n) is 19.8. The van der Waals surface area contributed by atoms with E-state index >= 15 is 0 Å². The number of rotatable bonds is 7. The lowest BCUT2D eigenvalue weighted by molar-refractivity contribution is 0.0730. The molecule has 0 saturated carbocycles. The van der Waals surface area contributed by atoms with E-state index in [4.69, 9.17) is 14.2 Å². The largest absolute Gasteiger partial charge is 0.493 e. The Labute approximate surface area is 200 Å². The Bertz CT molecular complexity index is 1160. The van der Waals surface area contributed by atoms with Crippen LogP contribution in [0.4, 0.5) is 5.69 Å². The smallest absolute Gasteiger partial charge is 0.255 e. The molecule has 0 atom stereocenters. The van der Waals surface area contributed by atoms with Gasteiger partial charge >= 0.3 is 0 Å². The minimum atomic E-state index is -3.83. The first-order valence-electron chi connectivity index (χ1n) is 11.3. The highest BCUT2D eigenvalue weighted by Crippen LogP contribution is 2.35. The van der Waals surface area contributed by atoms with Gasteiger partial charge in [-0.25, -0.2) is 8.42 Å². The van der Waals surface area contributed by atoms with Gasteiger partial charge in [0.15, 0.2) is 11.5 Å². The predicted octanol–water partition coefficient (Wildman–Crippen LogP) is 2.04. The second kappa shape index (κ2) is 10.2. The molecule has 2 aliphatic heterocycles. The number of methoxy groups -OCH3 is 2. The Balaban J connectivity index is 1.59. The number of carbonyl (C=O) groups is 1. The van der Waals surface area contributed by atoms with Crippen molar-refractivity contribution in [1.29, 1.82) is 0 Å². The highest BCUT2D eigenvalue weighted by Gasteiger charge is 2.30. The van der Waals surface area contributed by atoms with Crippen LogP contribution >= 0.6 is 0 Å². The third-order valence-electron chi connectivity index (χ3n) is 6.25. The van der Waals surface area contributed by atoms with Crippen molar-refractivity contribution in [1.82, 2.24) is 9.62 Å². The van der Waals surface area contributed by atoms with Gasteiger partial charge in [-0.05, 0) is 36.1 Å². The second-order valence-electron chi connectivity index (χ2n) is 8.39. The molecule has 0 bridgehead atoms. The van der Waals surface area contributed by atoms with E-state index in [2.05, 4.69) is 29.4 Å². The maximum atomic E-state index is 13.2. The summed E-state index contributed by atoms with van der Waals surface area (Å²) in [5, 5.41) is 2.90. The Morgan fingerprint density at radius 2 is 1.85 bits per heavy atom. The van der Waals surface area contributed by atoms with E-state index in [1.807, 2.05) is 6.07 Å². The van der Waals surface area contributed by atoms with Gasteiger partial charge in [-0.1, -0.05) is 12.1 Å². The third-order valence-corrected chi connectivity index (χ3v) is 8.13. The maximum Gasteiger partial charge on any atom is 0.255 e. The SMILES string of the molecule is COc1cc(S(=O)(=O)N2CCOCC2)cc(C(=O)NCc2ccc3c(c2)CCCN3C)c1OC. The number of morpholine rings is 1. The summed E-state index contributed by atoms with van der Waals surface area (Å²) in [6.45, 7) is 2.51. The van der Waals surface area contributed by atoms with Crippen LogP contribution < -0.4 is 19.7 Å². The molecular weight excluding hydrogens is 458 g/mol. The van der Waals surface area contributed by atoms with Crippen molar-refractivity contribution in [2.24, 2.45) is 0 Å². The highest BCUT2D eigenvalue weighted by molar-refractivity contribution is 7.89. The zero-order valence-corrected chi connectivity index (χ0v) is 20.6. The molecule has 0 spiro atoms. The van der Waals surface area contributed by atoms with E-state index in [0.717, 1.165) is 24.9 Å². The van der Waals surface area contributed by atoms with Crippen LogP contribution in [0.3, 0.4) is 0 Å². The van der Waals surface area contributed by atoms with Crippen LogP contribution in [0.1, 0.15) is 27.9 Å². The molecule has 34 heavy (non-hydrogen) atoms. The molecule has 4 rings (SSSR count). The molecule has 2 aromatic rings. The average molecular weight is 490 g/mol. The van der Waals surface area contributed by atoms with Crippen LogP contribution in [0, 0.1) is 0 Å². The van der Waals surface area contributed by atoms with Crippen LogP contribution in [0.15, 0.2) is 35.2 Å². The Morgan fingerprint density at radius 1 is 1.09 bits per heavy atom. The standard InChI is InChI=1S/C24H31N3O6S/c1-26-8-4-5-18-13-17(6-7-21(18)26)16-25-24(28)20-14-19(15-22(31-2)23(20)32-3)34(29,30)27-9-11-33-12-10-27/h6-7,13-15H,4-5,8-12,16H2,1-3H3,(H,25,28). The fraction of sp³-hybridized carbons (Fsp3) is 0.458. The van der Waals surface area contributed by atoms with Crippen LogP contribution in [-0.4, -0.2) is 72.7 Å². The van der Waals surface area contributed by atoms with Gasteiger partial charge in [-0.15, -0.1) is 0 Å². The van der Waals surface area contributed by atoms with Crippen molar-refractivity contribution in [2.75, 3.05) is 59.0 Å². The third kappa shape index (κ3) is 4.84. The average Bonchev–Trinajstić information content (AvgIpc) is 2.86. The topological polar surface area (TPSA) is 97.4 Å². The first-order chi connectivity index (χ1) is 16.3. The minimum absolute atomic E-state index is 0.0194. The van der Waals surface area contributed by atoms with Gasteiger partial charge in [0.1, 0.15) is 0 Å². The molecule has 2 aromatic carbocycles. The summed E-state index contributed by atoms with van der Waals surface area (Å²) in [6.07, 6.45) is 2.11. The van der Waals surface area contributed by atoms with E-state index in [1.165, 1.54) is 41.9 Å². The lowest BCUT2D eigenvalue weighted by atomic mass is 9.99. The number of ether oxygens (including phenoxy) is 3. The molecule has 1 fully saturated rings. The number of fused-ring (bicyclic) bond motifs is 1. The van der Waals surface area contributed by atoms with Gasteiger partial charge in [-0.2, -0.15) is 4.31 Å². The van der Waals surface area contributed by atoms with E-state index in [-0.39, 0.29) is 35.0 Å². The number of hydrogen-bond acceptors (Lipinski definition) is 7. The zero-order chi connectivity index (χ0) is 24.3. The number of sulfonamides is 1. The van der Waals surface area contributed by atoms with Crippen LogP contribution in [0.25, 0.3) is 0 Å². The van der Waals surface area contributed by atoms with Gasteiger partial charge in [0.2, 0.25) is 10.0 Å². The summed E-state index contributed by atoms with van der Waals surface area (Å²) in [7, 11) is 1.09. The van der Waals surface area contributed by atoms with E-state index in [0.29, 0.717) is 19.8 Å². The number of nitrogens with zero attached hydrogens (tertiary/aromatic N) is 2. The van der Waals surface area contributed by atoms with Gasteiger partial charge in [0.05, 0.1) is 37.9 Å². The number of carbonyl (C=O) groups excluding carboxylic acids is 1. The minimum Gasteiger partial charge on any atom is -0.493 e. The summed E-state index contributed by atoms with van der Waals surface area (Å²) in [6, 6.07) is 8.93. The number of anilines is 1. The first-order valence-corrected chi connectivity index (χ1v) is 12.7. The normalized spacial score (nSPS) is 16.6. The Hall–Kier alpha value is -2.82. The fourth-order valence-electron chi connectivity index (χ4n) is 4.42. The molecule has 184 valence electrons. The second-order valence-corrected chi connectivity index (χ2v) is 10.3. The molecule has 0 aromatic heterocycles. The number of amides is 1. The first kappa shape index (κ1) is 24.3. The Kier molecular flexibility index (Phi) is 7.30. The number of benzene rings is 2. The summed E-state index contributed by atoms with van der Waals surface area (Å²) in [4.78, 5) is 15.4. The molecule has 9 nitrogen and oxygen atoms in total. The molecular formula is C24H31N3O6S. The number of hydrogen-bond donors (Lipinski definition) is 1. The van der Waals surface area contributed by atoms with E-state index in [1.54, 1.807) is 0 Å². The van der Waals surface area contributed by atoms with Crippen LogP contribution in [0.2, 0.25) is 0 Å². The maximum absolute atomic E-state index is 13.2. The van der Waals surface area contributed by atoms with Crippen molar-refractivity contribution in [3.8, 4) is 11.5 Å². The summed E-state index contributed by atoms with van der Waals surface area (Å²) in [5.41, 5.74) is 3.56. The predicted molar refractivity (Wildman–Crippen MR) is 128 cm³/mol. The molecule has 1 N–H and O–H groups in total. The number of nitrogens with one attached hydrogen (secondary N) is 1. The highest BCUT2D eigenvalue weighted by atomic mass is 32.2. The molecule has 2 aliphatic rings. The van der Waals surface area contributed by atoms with E-state index < -0.39 is 15.9 Å². The summed E-state index contributed by atoms with van der Waals surface area (Å²) < 4.78 is 43.8. The fourth-order valence-corrected chi connectivity index (χ4v) is 5.87. The van der Waals surface area contributed by atoms with Gasteiger partial charge in [0, 0.05) is 45.0 Å². The van der Waals surface area contributed by atoms with Crippen molar-refractivity contribution in [3.63, 3.8) is 0 Å². The molecule has 1 saturated heterocycles. The molecule has 0 radical (unpaired) electrons. The van der Waals surface area contributed by atoms with Gasteiger partial charge in [-0.3, -0.25) is 4.79 Å². The van der Waals surface area contributed by atoms with Gasteiger partial charge in [0.25, 0.3) is 5.91 Å². The quantitative estimate of drug-likeness (QED) is 0.636. The Morgan fingerprint density at radius 3 is 2.56 bits per heavy atom. The molecule has 2 heterocycles. The van der Waals surface area contributed by atoms with Crippen molar-refractivity contribution >= 4 is 21.6 Å². The van der Waals surface area contributed by atoms with E-state index in [9.17, 15) is 13.2 Å². The molecule has 0 unspecified atom stereocenters. The van der Waals surface area contributed by atoms with Crippen molar-refractivity contribution in [2.45, 2.75) is 24.3 Å². The van der Waals surface area contributed by atoms with Gasteiger partial charge < -0.3 is 24.4 Å². The number of aryl methyl sites for hydroxylation is 1. The molecule has 1 amide bonds. The molecule has 0 aliphatic carbocycles. The lowest BCUT2D eigenvalue weighted by Gasteiger charge is -2.28. The van der Waals surface area contributed by atoms with Crippen molar-refractivity contribution in [3.05, 3.63) is 47.0 Å². The summed E-state index contributed by atoms with van der Waals surface area (Å²) >= 11 is 0. The van der Waals surface area contributed by atoms with Crippen molar-refractivity contribution < 1.29 is 27.4 Å². The summed E-state index contributed by atoms with van der Waals surface area (Å²) in [5.74, 6) is -0.0733.